The van der Waals surface area contributed by atoms with Crippen LogP contribution < -0.4 is 9.47 Å². The SMILES string of the molecule is CCOc1cccc2c1OC(C)(C)[C@H]1C[C@H]3[C@H](CCCN3C(=O)c3ccc(C(=O)O)cc3)O[C@H]21. The van der Waals surface area contributed by atoms with Gasteiger partial charge in [-0.2, -0.15) is 0 Å². The summed E-state index contributed by atoms with van der Waals surface area (Å²) in [5.41, 5.74) is 1.19. The van der Waals surface area contributed by atoms with E-state index in [4.69, 9.17) is 19.3 Å². The summed E-state index contributed by atoms with van der Waals surface area (Å²) in [7, 11) is 0. The number of nitrogens with zero attached hydrogens (tertiary/aromatic N) is 1. The van der Waals surface area contributed by atoms with Gasteiger partial charge >= 0.3 is 5.97 Å². The van der Waals surface area contributed by atoms with Crippen LogP contribution in [0.5, 0.6) is 11.5 Å². The number of rotatable bonds is 4. The van der Waals surface area contributed by atoms with Crippen LogP contribution in [0.2, 0.25) is 0 Å². The molecule has 1 N–H and O–H groups in total. The topological polar surface area (TPSA) is 85.3 Å². The monoisotopic (exact) mass is 465 g/mol. The third-order valence-electron chi connectivity index (χ3n) is 7.41. The number of benzene rings is 2. The van der Waals surface area contributed by atoms with E-state index in [1.165, 1.54) is 12.1 Å². The molecular weight excluding hydrogens is 434 g/mol. The first kappa shape index (κ1) is 22.7. The third-order valence-corrected chi connectivity index (χ3v) is 7.41. The maximum atomic E-state index is 13.4. The first-order chi connectivity index (χ1) is 16.3. The Balaban J connectivity index is 1.44. The van der Waals surface area contributed by atoms with E-state index in [2.05, 4.69) is 19.9 Å². The lowest BCUT2D eigenvalue weighted by Crippen LogP contribution is -2.60. The van der Waals surface area contributed by atoms with E-state index in [-0.39, 0.29) is 35.6 Å². The van der Waals surface area contributed by atoms with Crippen molar-refractivity contribution in [3.8, 4) is 11.5 Å². The number of carboxylic acid groups (broad SMARTS) is 1. The minimum absolute atomic E-state index is 0.0545. The Morgan fingerprint density at radius 3 is 2.59 bits per heavy atom. The number of carbonyl (C=O) groups excluding carboxylic acids is 1. The molecule has 0 saturated carbocycles. The van der Waals surface area contributed by atoms with Gasteiger partial charge in [0.25, 0.3) is 5.91 Å². The highest BCUT2D eigenvalue weighted by molar-refractivity contribution is 5.96. The summed E-state index contributed by atoms with van der Waals surface area (Å²) in [6.07, 6.45) is 2.36. The predicted molar refractivity (Wildman–Crippen MR) is 125 cm³/mol. The van der Waals surface area contributed by atoms with Gasteiger partial charge in [-0.25, -0.2) is 4.79 Å². The highest BCUT2D eigenvalue weighted by atomic mass is 16.5. The van der Waals surface area contributed by atoms with Gasteiger partial charge in [-0.05, 0) is 70.4 Å². The Hall–Kier alpha value is -3.06. The second-order valence-electron chi connectivity index (χ2n) is 9.84. The summed E-state index contributed by atoms with van der Waals surface area (Å²) in [5.74, 6) is 0.484. The normalized spacial score (nSPS) is 27.0. The van der Waals surface area contributed by atoms with Crippen molar-refractivity contribution in [2.75, 3.05) is 13.2 Å². The average molecular weight is 466 g/mol. The number of carbonyl (C=O) groups is 2. The number of hydrogen-bond acceptors (Lipinski definition) is 5. The zero-order chi connectivity index (χ0) is 24.0. The van der Waals surface area contributed by atoms with Crippen LogP contribution in [-0.4, -0.2) is 52.8 Å². The minimum atomic E-state index is -1.00. The summed E-state index contributed by atoms with van der Waals surface area (Å²) in [6.45, 7) is 7.35. The molecule has 3 heterocycles. The van der Waals surface area contributed by atoms with Crippen LogP contribution in [-0.2, 0) is 4.74 Å². The molecule has 7 nitrogen and oxygen atoms in total. The van der Waals surface area contributed by atoms with E-state index in [1.54, 1.807) is 12.1 Å². The molecule has 0 aliphatic carbocycles. The first-order valence-electron chi connectivity index (χ1n) is 12.0. The Labute approximate surface area is 199 Å². The van der Waals surface area contributed by atoms with Crippen molar-refractivity contribution in [2.45, 2.75) is 63.9 Å². The van der Waals surface area contributed by atoms with Crippen LogP contribution in [0.4, 0.5) is 0 Å². The van der Waals surface area contributed by atoms with Gasteiger partial charge in [-0.15, -0.1) is 0 Å². The Morgan fingerprint density at radius 1 is 1.15 bits per heavy atom. The van der Waals surface area contributed by atoms with Gasteiger partial charge in [0.2, 0.25) is 0 Å². The zero-order valence-corrected chi connectivity index (χ0v) is 19.8. The Bertz CT molecular complexity index is 1090. The number of aromatic carboxylic acids is 1. The summed E-state index contributed by atoms with van der Waals surface area (Å²) in [5, 5.41) is 9.16. The molecule has 1 amide bonds. The molecule has 5 rings (SSSR count). The van der Waals surface area contributed by atoms with E-state index in [9.17, 15) is 9.59 Å². The largest absolute Gasteiger partial charge is 0.490 e. The molecule has 180 valence electrons. The zero-order valence-electron chi connectivity index (χ0n) is 19.8. The van der Waals surface area contributed by atoms with Gasteiger partial charge in [0.15, 0.2) is 11.5 Å². The predicted octanol–water partition coefficient (Wildman–Crippen LogP) is 4.71. The molecule has 3 aliphatic heterocycles. The van der Waals surface area contributed by atoms with E-state index >= 15 is 0 Å². The van der Waals surface area contributed by atoms with Crippen molar-refractivity contribution in [3.05, 3.63) is 59.2 Å². The molecule has 0 spiro atoms. The maximum Gasteiger partial charge on any atom is 0.335 e. The van der Waals surface area contributed by atoms with Crippen LogP contribution in [0.3, 0.4) is 0 Å². The summed E-state index contributed by atoms with van der Waals surface area (Å²) in [4.78, 5) is 26.5. The highest BCUT2D eigenvalue weighted by Crippen LogP contribution is 2.54. The molecule has 0 unspecified atom stereocenters. The van der Waals surface area contributed by atoms with Crippen molar-refractivity contribution in [3.63, 3.8) is 0 Å². The van der Waals surface area contributed by atoms with Crippen molar-refractivity contribution < 1.29 is 28.9 Å². The third kappa shape index (κ3) is 3.82. The van der Waals surface area contributed by atoms with Gasteiger partial charge in [-0.3, -0.25) is 4.79 Å². The Kier molecular flexibility index (Phi) is 5.76. The lowest BCUT2D eigenvalue weighted by molar-refractivity contribution is -0.184. The molecule has 2 fully saturated rings. The number of hydrogen-bond donors (Lipinski definition) is 1. The standard InChI is InChI=1S/C27H31NO6/c1-4-32-22-8-5-7-18-23-19(27(2,3)34-24(18)22)15-20-21(33-23)9-6-14-28(20)25(29)16-10-12-17(13-11-16)26(30)31/h5,7-8,10-13,19-21,23H,4,6,9,14-15H2,1-3H3,(H,30,31)/t19-,20-,21-,23+/m0/s1. The molecule has 0 radical (unpaired) electrons. The number of para-hydroxylation sites is 1. The summed E-state index contributed by atoms with van der Waals surface area (Å²) in [6, 6.07) is 12.1. The lowest BCUT2D eigenvalue weighted by Gasteiger charge is -2.54. The number of likely N-dealkylation sites (tertiary alicyclic amines) is 1. The van der Waals surface area contributed by atoms with E-state index in [1.807, 2.05) is 24.0 Å². The van der Waals surface area contributed by atoms with Crippen molar-refractivity contribution in [1.29, 1.82) is 0 Å². The number of ether oxygens (including phenoxy) is 3. The minimum Gasteiger partial charge on any atom is -0.490 e. The number of fused-ring (bicyclic) bond motifs is 4. The van der Waals surface area contributed by atoms with Crippen LogP contribution in [0.1, 0.15) is 72.4 Å². The molecule has 0 aromatic heterocycles. The van der Waals surface area contributed by atoms with Gasteiger partial charge in [0.05, 0.1) is 30.4 Å². The lowest BCUT2D eigenvalue weighted by atomic mass is 9.72. The number of amides is 1. The summed E-state index contributed by atoms with van der Waals surface area (Å²) < 4.78 is 19.1. The second-order valence-corrected chi connectivity index (χ2v) is 9.84. The van der Waals surface area contributed by atoms with Crippen molar-refractivity contribution >= 4 is 11.9 Å². The van der Waals surface area contributed by atoms with Crippen molar-refractivity contribution in [1.82, 2.24) is 4.90 Å². The van der Waals surface area contributed by atoms with Gasteiger partial charge in [0, 0.05) is 23.6 Å². The van der Waals surface area contributed by atoms with Crippen LogP contribution in [0, 0.1) is 5.92 Å². The molecule has 4 atom stereocenters. The molecule has 2 aromatic carbocycles. The molecule has 7 heteroatoms. The van der Waals surface area contributed by atoms with Crippen molar-refractivity contribution in [2.24, 2.45) is 5.92 Å². The fourth-order valence-electron chi connectivity index (χ4n) is 5.71. The highest BCUT2D eigenvalue weighted by Gasteiger charge is 2.53. The van der Waals surface area contributed by atoms with Crippen LogP contribution in [0.25, 0.3) is 0 Å². The quantitative estimate of drug-likeness (QED) is 0.704. The smallest absolute Gasteiger partial charge is 0.335 e. The fraction of sp³-hybridized carbons (Fsp3) is 0.481. The van der Waals surface area contributed by atoms with E-state index in [0.717, 1.165) is 36.3 Å². The molecular formula is C27H31NO6. The average Bonchev–Trinajstić information content (AvgIpc) is 2.83. The fourth-order valence-corrected chi connectivity index (χ4v) is 5.71. The van der Waals surface area contributed by atoms with Gasteiger partial charge in [-0.1, -0.05) is 12.1 Å². The number of piperidine rings is 1. The molecule has 2 aromatic rings. The van der Waals surface area contributed by atoms with Crippen LogP contribution >= 0.6 is 0 Å². The van der Waals surface area contributed by atoms with E-state index in [0.29, 0.717) is 18.7 Å². The molecule has 34 heavy (non-hydrogen) atoms. The maximum absolute atomic E-state index is 13.4. The van der Waals surface area contributed by atoms with Gasteiger partial charge in [0.1, 0.15) is 5.60 Å². The van der Waals surface area contributed by atoms with Crippen LogP contribution in [0.15, 0.2) is 42.5 Å². The van der Waals surface area contributed by atoms with E-state index < -0.39 is 11.6 Å². The molecule has 2 saturated heterocycles. The first-order valence-corrected chi connectivity index (χ1v) is 12.0. The van der Waals surface area contributed by atoms with Gasteiger partial charge < -0.3 is 24.2 Å². The Morgan fingerprint density at radius 2 is 1.88 bits per heavy atom. The molecule has 3 aliphatic rings. The second kappa shape index (κ2) is 8.62. The number of carboxylic acids is 1. The molecule has 0 bridgehead atoms. The summed E-state index contributed by atoms with van der Waals surface area (Å²) >= 11 is 0.